The van der Waals surface area contributed by atoms with Gasteiger partial charge in [-0.3, -0.25) is 0 Å². The maximum atomic E-state index is 5.86. The third-order valence-electron chi connectivity index (χ3n) is 1.91. The standard InChI is InChI=1S/C10H7ClOS/c1-6-5-12-9-3-2-7(11)4-8(9)10(6)13/h2-5H,1H3. The van der Waals surface area contributed by atoms with E-state index in [-0.39, 0.29) is 0 Å². The van der Waals surface area contributed by atoms with Gasteiger partial charge in [0.2, 0.25) is 0 Å². The van der Waals surface area contributed by atoms with Gasteiger partial charge in [-0.05, 0) is 25.1 Å². The summed E-state index contributed by atoms with van der Waals surface area (Å²) in [5.41, 5.74) is 1.74. The first kappa shape index (κ1) is 8.73. The van der Waals surface area contributed by atoms with Crippen LogP contribution in [0.2, 0.25) is 5.02 Å². The second-order valence-electron chi connectivity index (χ2n) is 2.89. The van der Waals surface area contributed by atoms with Crippen molar-refractivity contribution in [1.82, 2.24) is 0 Å². The monoisotopic (exact) mass is 210 g/mol. The minimum absolute atomic E-state index is 0.680. The fourth-order valence-corrected chi connectivity index (χ4v) is 1.58. The summed E-state index contributed by atoms with van der Waals surface area (Å²) in [6, 6.07) is 5.44. The largest absolute Gasteiger partial charge is 0.464 e. The van der Waals surface area contributed by atoms with E-state index in [1.807, 2.05) is 19.1 Å². The molecule has 0 aliphatic carbocycles. The molecule has 2 rings (SSSR count). The average molecular weight is 211 g/mol. The molecule has 0 saturated carbocycles. The van der Waals surface area contributed by atoms with Crippen molar-refractivity contribution in [2.45, 2.75) is 6.92 Å². The van der Waals surface area contributed by atoms with Gasteiger partial charge in [0.05, 0.1) is 10.8 Å². The number of aryl methyl sites for hydroxylation is 1. The van der Waals surface area contributed by atoms with E-state index < -0.39 is 0 Å². The molecule has 1 nitrogen and oxygen atoms in total. The molecule has 1 aromatic carbocycles. The molecule has 0 unspecified atom stereocenters. The van der Waals surface area contributed by atoms with Crippen LogP contribution in [0.1, 0.15) is 5.56 Å². The van der Waals surface area contributed by atoms with Gasteiger partial charge in [0, 0.05) is 16.0 Å². The van der Waals surface area contributed by atoms with Crippen LogP contribution in [0.25, 0.3) is 11.0 Å². The number of fused-ring (bicyclic) bond motifs is 1. The number of benzene rings is 1. The van der Waals surface area contributed by atoms with Crippen LogP contribution in [0, 0.1) is 11.4 Å². The molecule has 0 saturated heterocycles. The van der Waals surface area contributed by atoms with E-state index in [2.05, 4.69) is 0 Å². The van der Waals surface area contributed by atoms with Crippen LogP contribution in [0.5, 0.6) is 0 Å². The van der Waals surface area contributed by atoms with E-state index in [0.717, 1.165) is 21.0 Å². The molecule has 0 aliphatic heterocycles. The van der Waals surface area contributed by atoms with Crippen LogP contribution >= 0.6 is 23.8 Å². The molecule has 0 amide bonds. The fraction of sp³-hybridized carbons (Fsp3) is 0.100. The summed E-state index contributed by atoms with van der Waals surface area (Å²) in [5.74, 6) is 0. The molecular weight excluding hydrogens is 204 g/mol. The van der Waals surface area contributed by atoms with Crippen molar-refractivity contribution >= 4 is 34.8 Å². The zero-order valence-corrected chi connectivity index (χ0v) is 8.58. The minimum Gasteiger partial charge on any atom is -0.464 e. The quantitative estimate of drug-likeness (QED) is 0.607. The number of halogens is 1. The summed E-state index contributed by atoms with van der Waals surface area (Å²) in [5, 5.41) is 1.59. The maximum Gasteiger partial charge on any atom is 0.135 e. The predicted octanol–water partition coefficient (Wildman–Crippen LogP) is 4.12. The first-order valence-corrected chi connectivity index (χ1v) is 4.65. The Bertz CT molecular complexity index is 511. The molecule has 0 N–H and O–H groups in total. The van der Waals surface area contributed by atoms with E-state index in [1.165, 1.54) is 0 Å². The Morgan fingerprint density at radius 2 is 2.15 bits per heavy atom. The SMILES string of the molecule is Cc1coc2ccc(Cl)cc2c1=S. The van der Waals surface area contributed by atoms with Gasteiger partial charge in [-0.15, -0.1) is 0 Å². The van der Waals surface area contributed by atoms with E-state index in [9.17, 15) is 0 Å². The Morgan fingerprint density at radius 3 is 2.92 bits per heavy atom. The Kier molecular flexibility index (Phi) is 2.10. The van der Waals surface area contributed by atoms with Gasteiger partial charge in [-0.2, -0.15) is 0 Å². The van der Waals surface area contributed by atoms with Crippen LogP contribution in [0.4, 0.5) is 0 Å². The second-order valence-corrected chi connectivity index (χ2v) is 3.73. The molecule has 0 spiro atoms. The lowest BCUT2D eigenvalue weighted by Gasteiger charge is -1.99. The van der Waals surface area contributed by atoms with Crippen molar-refractivity contribution < 1.29 is 4.42 Å². The van der Waals surface area contributed by atoms with E-state index in [4.69, 9.17) is 28.2 Å². The Morgan fingerprint density at radius 1 is 1.38 bits per heavy atom. The number of hydrogen-bond donors (Lipinski definition) is 0. The molecule has 3 heteroatoms. The second kappa shape index (κ2) is 3.13. The van der Waals surface area contributed by atoms with E-state index in [0.29, 0.717) is 5.02 Å². The first-order chi connectivity index (χ1) is 6.18. The first-order valence-electron chi connectivity index (χ1n) is 3.86. The van der Waals surface area contributed by atoms with Crippen LogP contribution in [0.3, 0.4) is 0 Å². The lowest BCUT2D eigenvalue weighted by Crippen LogP contribution is -1.78. The van der Waals surface area contributed by atoms with Crippen molar-refractivity contribution in [1.29, 1.82) is 0 Å². The highest BCUT2D eigenvalue weighted by molar-refractivity contribution is 7.71. The molecule has 66 valence electrons. The average Bonchev–Trinajstić information content (AvgIpc) is 2.12. The zero-order valence-electron chi connectivity index (χ0n) is 7.00. The normalized spacial score (nSPS) is 10.6. The smallest absolute Gasteiger partial charge is 0.135 e. The van der Waals surface area contributed by atoms with Crippen molar-refractivity contribution in [3.8, 4) is 0 Å². The van der Waals surface area contributed by atoms with Crippen molar-refractivity contribution in [2.24, 2.45) is 0 Å². The maximum absolute atomic E-state index is 5.86. The van der Waals surface area contributed by atoms with Gasteiger partial charge in [0.1, 0.15) is 5.58 Å². The summed E-state index contributed by atoms with van der Waals surface area (Å²) >= 11 is 11.1. The van der Waals surface area contributed by atoms with Crippen LogP contribution < -0.4 is 0 Å². The van der Waals surface area contributed by atoms with Crippen molar-refractivity contribution in [3.63, 3.8) is 0 Å². The van der Waals surface area contributed by atoms with Crippen molar-refractivity contribution in [3.05, 3.63) is 39.6 Å². The lowest BCUT2D eigenvalue weighted by molar-refractivity contribution is 0.598. The molecule has 0 fully saturated rings. The van der Waals surface area contributed by atoms with Gasteiger partial charge in [0.15, 0.2) is 0 Å². The number of hydrogen-bond acceptors (Lipinski definition) is 2. The zero-order chi connectivity index (χ0) is 9.42. The van der Waals surface area contributed by atoms with Gasteiger partial charge in [-0.25, -0.2) is 0 Å². The summed E-state index contributed by atoms with van der Waals surface area (Å²) in [6.07, 6.45) is 1.67. The Labute approximate surface area is 85.9 Å². The molecule has 2 aromatic rings. The summed E-state index contributed by atoms with van der Waals surface area (Å²) in [4.78, 5) is 0. The topological polar surface area (TPSA) is 13.1 Å². The lowest BCUT2D eigenvalue weighted by atomic mass is 10.2. The fourth-order valence-electron chi connectivity index (χ4n) is 1.20. The van der Waals surface area contributed by atoms with Gasteiger partial charge in [0.25, 0.3) is 0 Å². The van der Waals surface area contributed by atoms with E-state index in [1.54, 1.807) is 12.3 Å². The van der Waals surface area contributed by atoms with Gasteiger partial charge >= 0.3 is 0 Å². The van der Waals surface area contributed by atoms with Crippen molar-refractivity contribution in [2.75, 3.05) is 0 Å². The van der Waals surface area contributed by atoms with Crippen LogP contribution in [0.15, 0.2) is 28.9 Å². The van der Waals surface area contributed by atoms with Gasteiger partial charge in [-0.1, -0.05) is 23.8 Å². The number of rotatable bonds is 0. The molecule has 13 heavy (non-hydrogen) atoms. The highest BCUT2D eigenvalue weighted by Crippen LogP contribution is 2.22. The predicted molar refractivity (Wildman–Crippen MR) is 56.8 cm³/mol. The molecule has 0 bridgehead atoms. The summed E-state index contributed by atoms with van der Waals surface area (Å²) < 4.78 is 6.16. The summed E-state index contributed by atoms with van der Waals surface area (Å²) in [7, 11) is 0. The van der Waals surface area contributed by atoms with Gasteiger partial charge < -0.3 is 4.42 Å². The molecule has 0 atom stereocenters. The molecular formula is C10H7ClOS. The summed E-state index contributed by atoms with van der Waals surface area (Å²) in [6.45, 7) is 1.92. The minimum atomic E-state index is 0.680. The third-order valence-corrected chi connectivity index (χ3v) is 2.68. The van der Waals surface area contributed by atoms with Crippen LogP contribution in [-0.4, -0.2) is 0 Å². The van der Waals surface area contributed by atoms with Crippen LogP contribution in [-0.2, 0) is 0 Å². The molecule has 0 radical (unpaired) electrons. The molecule has 1 aromatic heterocycles. The molecule has 0 aliphatic rings. The highest BCUT2D eigenvalue weighted by atomic mass is 35.5. The molecule has 1 heterocycles. The Balaban J connectivity index is 2.97. The van der Waals surface area contributed by atoms with E-state index >= 15 is 0 Å². The highest BCUT2D eigenvalue weighted by Gasteiger charge is 2.00. The third kappa shape index (κ3) is 1.47. The Hall–Kier alpha value is -0.860.